The van der Waals surface area contributed by atoms with Crippen LogP contribution in [-0.4, -0.2) is 11.7 Å². The average Bonchev–Trinajstić information content (AvgIpc) is 2.40. The van der Waals surface area contributed by atoms with Gasteiger partial charge in [0.25, 0.3) is 0 Å². The molecule has 0 aromatic rings. The average molecular weight is 207 g/mol. The molecule has 2 bridgehead atoms. The zero-order valence-electron chi connectivity index (χ0n) is 9.46. The Labute approximate surface area is 89.7 Å². The number of Topliss-reactive ketones (excluding diaryl/α,β-unsaturated/α-hetero) is 1. The SMILES string of the molecule is CC12CCC(C(=CC(N)=O)C1=O)C2(C)C. The van der Waals surface area contributed by atoms with Crippen molar-refractivity contribution in [2.75, 3.05) is 0 Å². The van der Waals surface area contributed by atoms with Crippen molar-refractivity contribution in [1.29, 1.82) is 0 Å². The van der Waals surface area contributed by atoms with E-state index in [2.05, 4.69) is 13.8 Å². The summed E-state index contributed by atoms with van der Waals surface area (Å²) in [4.78, 5) is 23.0. The van der Waals surface area contributed by atoms with Gasteiger partial charge in [0.1, 0.15) is 0 Å². The molecule has 0 aromatic carbocycles. The van der Waals surface area contributed by atoms with Crippen molar-refractivity contribution >= 4 is 11.7 Å². The Hall–Kier alpha value is -1.12. The highest BCUT2D eigenvalue weighted by molar-refractivity contribution is 6.08. The first-order valence-electron chi connectivity index (χ1n) is 5.36. The molecule has 0 aromatic heterocycles. The van der Waals surface area contributed by atoms with Gasteiger partial charge in [0, 0.05) is 17.1 Å². The van der Waals surface area contributed by atoms with E-state index in [1.165, 1.54) is 6.08 Å². The number of carbonyl (C=O) groups excluding carboxylic acids is 2. The maximum Gasteiger partial charge on any atom is 0.241 e. The van der Waals surface area contributed by atoms with Crippen molar-refractivity contribution in [2.24, 2.45) is 22.5 Å². The van der Waals surface area contributed by atoms with E-state index in [9.17, 15) is 9.59 Å². The fourth-order valence-corrected chi connectivity index (χ4v) is 3.25. The summed E-state index contributed by atoms with van der Waals surface area (Å²) in [6.07, 6.45) is 3.26. The second kappa shape index (κ2) is 2.71. The molecule has 2 N–H and O–H groups in total. The van der Waals surface area contributed by atoms with Gasteiger partial charge in [0.2, 0.25) is 5.91 Å². The molecule has 3 heteroatoms. The summed E-state index contributed by atoms with van der Waals surface area (Å²) in [6.45, 7) is 6.24. The summed E-state index contributed by atoms with van der Waals surface area (Å²) in [5, 5.41) is 0. The quantitative estimate of drug-likeness (QED) is 0.661. The van der Waals surface area contributed by atoms with Crippen molar-refractivity contribution in [3.8, 4) is 0 Å². The summed E-state index contributed by atoms with van der Waals surface area (Å²) in [5.41, 5.74) is 5.46. The third-order valence-electron chi connectivity index (χ3n) is 4.66. The van der Waals surface area contributed by atoms with Crippen molar-refractivity contribution in [1.82, 2.24) is 0 Å². The molecule has 2 aliphatic rings. The number of allylic oxidation sites excluding steroid dienone is 1. The second-order valence-corrected chi connectivity index (χ2v) is 5.48. The fourth-order valence-electron chi connectivity index (χ4n) is 3.25. The largest absolute Gasteiger partial charge is 0.366 e. The minimum atomic E-state index is -0.509. The molecule has 2 rings (SSSR count). The van der Waals surface area contributed by atoms with Gasteiger partial charge in [-0.15, -0.1) is 0 Å². The van der Waals surface area contributed by atoms with Gasteiger partial charge in [-0.25, -0.2) is 0 Å². The number of hydrogen-bond donors (Lipinski definition) is 1. The van der Waals surface area contributed by atoms with E-state index in [0.717, 1.165) is 12.8 Å². The van der Waals surface area contributed by atoms with Crippen molar-refractivity contribution in [3.05, 3.63) is 11.6 Å². The molecule has 0 heterocycles. The lowest BCUT2D eigenvalue weighted by molar-refractivity contribution is -0.125. The minimum Gasteiger partial charge on any atom is -0.366 e. The van der Waals surface area contributed by atoms with Gasteiger partial charge < -0.3 is 5.73 Å². The summed E-state index contributed by atoms with van der Waals surface area (Å²) in [6, 6.07) is 0. The molecule has 82 valence electrons. The molecular weight excluding hydrogens is 190 g/mol. The fraction of sp³-hybridized carbons (Fsp3) is 0.667. The van der Waals surface area contributed by atoms with Crippen LogP contribution in [0.25, 0.3) is 0 Å². The topological polar surface area (TPSA) is 60.2 Å². The summed E-state index contributed by atoms with van der Waals surface area (Å²) in [7, 11) is 0. The van der Waals surface area contributed by atoms with E-state index >= 15 is 0 Å². The lowest BCUT2D eigenvalue weighted by atomic mass is 9.70. The molecule has 0 aliphatic heterocycles. The first-order valence-corrected chi connectivity index (χ1v) is 5.36. The van der Waals surface area contributed by atoms with Gasteiger partial charge in [0.15, 0.2) is 5.78 Å². The van der Waals surface area contributed by atoms with Gasteiger partial charge in [-0.1, -0.05) is 20.8 Å². The number of primary amides is 1. The Morgan fingerprint density at radius 3 is 2.47 bits per heavy atom. The van der Waals surface area contributed by atoms with Crippen LogP contribution < -0.4 is 5.73 Å². The molecule has 0 spiro atoms. The minimum absolute atomic E-state index is 0.0363. The number of rotatable bonds is 1. The van der Waals surface area contributed by atoms with E-state index < -0.39 is 5.91 Å². The van der Waals surface area contributed by atoms with Crippen LogP contribution in [0.15, 0.2) is 11.6 Å². The summed E-state index contributed by atoms with van der Waals surface area (Å²) in [5.74, 6) is -0.171. The predicted molar refractivity (Wildman–Crippen MR) is 56.9 cm³/mol. The van der Waals surface area contributed by atoms with Gasteiger partial charge in [0.05, 0.1) is 0 Å². The van der Waals surface area contributed by atoms with Crippen LogP contribution in [0, 0.1) is 16.7 Å². The zero-order chi connectivity index (χ0) is 11.4. The third kappa shape index (κ3) is 1.06. The van der Waals surface area contributed by atoms with E-state index in [1.54, 1.807) is 0 Å². The van der Waals surface area contributed by atoms with Gasteiger partial charge in [-0.2, -0.15) is 0 Å². The highest BCUT2D eigenvalue weighted by Gasteiger charge is 2.63. The summed E-state index contributed by atoms with van der Waals surface area (Å²) >= 11 is 0. The van der Waals surface area contributed by atoms with Crippen LogP contribution in [0.3, 0.4) is 0 Å². The number of amides is 1. The summed E-state index contributed by atoms with van der Waals surface area (Å²) < 4.78 is 0. The van der Waals surface area contributed by atoms with Crippen molar-refractivity contribution < 1.29 is 9.59 Å². The molecule has 2 saturated carbocycles. The molecule has 2 fully saturated rings. The van der Waals surface area contributed by atoms with E-state index in [4.69, 9.17) is 5.73 Å². The maximum absolute atomic E-state index is 12.2. The lowest BCUT2D eigenvalue weighted by Crippen LogP contribution is -2.32. The first-order chi connectivity index (χ1) is 6.80. The highest BCUT2D eigenvalue weighted by Crippen LogP contribution is 2.65. The number of nitrogens with two attached hydrogens (primary N) is 1. The molecule has 15 heavy (non-hydrogen) atoms. The Bertz CT molecular complexity index is 381. The zero-order valence-corrected chi connectivity index (χ0v) is 9.46. The van der Waals surface area contributed by atoms with E-state index in [-0.39, 0.29) is 22.5 Å². The highest BCUT2D eigenvalue weighted by atomic mass is 16.1. The van der Waals surface area contributed by atoms with Crippen LogP contribution in [-0.2, 0) is 9.59 Å². The van der Waals surface area contributed by atoms with Gasteiger partial charge in [-0.05, 0) is 24.2 Å². The Morgan fingerprint density at radius 1 is 1.47 bits per heavy atom. The van der Waals surface area contributed by atoms with Crippen LogP contribution in [0.2, 0.25) is 0 Å². The van der Waals surface area contributed by atoms with Crippen LogP contribution in [0.1, 0.15) is 33.6 Å². The third-order valence-corrected chi connectivity index (χ3v) is 4.66. The Morgan fingerprint density at radius 2 is 2.07 bits per heavy atom. The van der Waals surface area contributed by atoms with Crippen LogP contribution in [0.5, 0.6) is 0 Å². The van der Waals surface area contributed by atoms with Crippen LogP contribution in [0.4, 0.5) is 0 Å². The normalized spacial score (nSPS) is 40.1. The standard InChI is InChI=1S/C12H17NO2/c1-11(2)8-4-5-12(11,3)10(15)7(8)6-9(13)14/h6,8H,4-5H2,1-3H3,(H2,13,14). The Balaban J connectivity index is 2.52. The molecule has 2 atom stereocenters. The number of ketones is 1. The molecular formula is C12H17NO2. The van der Waals surface area contributed by atoms with E-state index in [1.807, 2.05) is 6.92 Å². The monoisotopic (exact) mass is 207 g/mol. The Kier molecular flexibility index (Phi) is 1.88. The molecule has 2 unspecified atom stereocenters. The lowest BCUT2D eigenvalue weighted by Gasteiger charge is -2.31. The number of hydrogen-bond acceptors (Lipinski definition) is 2. The van der Waals surface area contributed by atoms with Gasteiger partial charge in [-0.3, -0.25) is 9.59 Å². The number of carbonyl (C=O) groups is 2. The van der Waals surface area contributed by atoms with E-state index in [0.29, 0.717) is 5.57 Å². The number of fused-ring (bicyclic) bond motifs is 2. The predicted octanol–water partition coefficient (Wildman–Crippen LogP) is 1.42. The van der Waals surface area contributed by atoms with Gasteiger partial charge >= 0.3 is 0 Å². The second-order valence-electron chi connectivity index (χ2n) is 5.48. The van der Waals surface area contributed by atoms with Crippen LogP contribution >= 0.6 is 0 Å². The van der Waals surface area contributed by atoms with Crippen molar-refractivity contribution in [3.63, 3.8) is 0 Å². The smallest absolute Gasteiger partial charge is 0.241 e. The molecule has 1 amide bonds. The molecule has 3 nitrogen and oxygen atoms in total. The van der Waals surface area contributed by atoms with Crippen molar-refractivity contribution in [2.45, 2.75) is 33.6 Å². The molecule has 2 aliphatic carbocycles. The first kappa shape index (κ1) is 10.4. The molecule has 0 radical (unpaired) electrons. The maximum atomic E-state index is 12.2. The molecule has 0 saturated heterocycles.